The van der Waals surface area contributed by atoms with Crippen LogP contribution in [0.3, 0.4) is 0 Å². The van der Waals surface area contributed by atoms with Crippen molar-refractivity contribution in [1.29, 1.82) is 0 Å². The molecule has 0 radical (unpaired) electrons. The second kappa shape index (κ2) is 9.47. The van der Waals surface area contributed by atoms with Gasteiger partial charge in [-0.2, -0.15) is 0 Å². The molecule has 1 aliphatic rings. The van der Waals surface area contributed by atoms with Crippen molar-refractivity contribution in [2.75, 3.05) is 26.2 Å². The molecule has 0 bridgehead atoms. The largest absolute Gasteiger partial charge is 0.507 e. The molecule has 29 heavy (non-hydrogen) atoms. The molecule has 3 rings (SSSR count). The minimum atomic E-state index is -0.687. The first-order chi connectivity index (χ1) is 14.1. The lowest BCUT2D eigenvalue weighted by Crippen LogP contribution is -2.33. The number of rotatable bonds is 8. The summed E-state index contributed by atoms with van der Waals surface area (Å²) < 4.78 is 0. The van der Waals surface area contributed by atoms with Gasteiger partial charge in [-0.05, 0) is 38.2 Å². The summed E-state index contributed by atoms with van der Waals surface area (Å²) in [6, 6.07) is 13.5. The normalized spacial score (nSPS) is 18.6. The van der Waals surface area contributed by atoms with Gasteiger partial charge in [-0.15, -0.1) is 0 Å². The molecule has 2 heterocycles. The van der Waals surface area contributed by atoms with Crippen molar-refractivity contribution in [2.24, 2.45) is 0 Å². The highest BCUT2D eigenvalue weighted by molar-refractivity contribution is 6.46. The summed E-state index contributed by atoms with van der Waals surface area (Å²) in [4.78, 5) is 33.9. The smallest absolute Gasteiger partial charge is 0.295 e. The van der Waals surface area contributed by atoms with Crippen LogP contribution in [0, 0.1) is 0 Å². The molecule has 1 amide bonds. The summed E-state index contributed by atoms with van der Waals surface area (Å²) in [6.45, 7) is 7.34. The van der Waals surface area contributed by atoms with Crippen LogP contribution >= 0.6 is 0 Å². The molecule has 6 nitrogen and oxygen atoms in total. The molecule has 6 heteroatoms. The van der Waals surface area contributed by atoms with Gasteiger partial charge in [0, 0.05) is 18.3 Å². The minimum absolute atomic E-state index is 0.0998. The Morgan fingerprint density at radius 3 is 2.38 bits per heavy atom. The average molecular weight is 393 g/mol. The molecule has 1 N–H and O–H groups in total. The molecular formula is C23H27N3O3. The van der Waals surface area contributed by atoms with E-state index >= 15 is 0 Å². The highest BCUT2D eigenvalue weighted by atomic mass is 16.3. The number of hydrogen-bond donors (Lipinski definition) is 1. The fraction of sp³-hybridized carbons (Fsp3) is 0.348. The van der Waals surface area contributed by atoms with Gasteiger partial charge < -0.3 is 14.9 Å². The summed E-state index contributed by atoms with van der Waals surface area (Å²) >= 11 is 0. The van der Waals surface area contributed by atoms with E-state index in [1.165, 1.54) is 0 Å². The third-order valence-corrected chi connectivity index (χ3v) is 5.32. The zero-order valence-electron chi connectivity index (χ0n) is 16.9. The molecule has 0 saturated carbocycles. The van der Waals surface area contributed by atoms with Crippen molar-refractivity contribution in [2.45, 2.75) is 26.3 Å². The molecule has 0 aliphatic carbocycles. The molecule has 1 saturated heterocycles. The molecule has 0 unspecified atom stereocenters. The number of pyridine rings is 1. The van der Waals surface area contributed by atoms with Crippen LogP contribution in [0.25, 0.3) is 5.76 Å². The van der Waals surface area contributed by atoms with Crippen LogP contribution in [0.4, 0.5) is 0 Å². The maximum atomic E-state index is 12.9. The zero-order valence-corrected chi connectivity index (χ0v) is 16.9. The van der Waals surface area contributed by atoms with E-state index in [1.807, 2.05) is 12.1 Å². The fourth-order valence-electron chi connectivity index (χ4n) is 3.71. The van der Waals surface area contributed by atoms with E-state index in [-0.39, 0.29) is 11.3 Å². The monoisotopic (exact) mass is 393 g/mol. The predicted molar refractivity (Wildman–Crippen MR) is 112 cm³/mol. The Morgan fingerprint density at radius 2 is 1.76 bits per heavy atom. The second-order valence-corrected chi connectivity index (χ2v) is 6.99. The van der Waals surface area contributed by atoms with Gasteiger partial charge in [0.05, 0.1) is 11.3 Å². The van der Waals surface area contributed by atoms with Crippen LogP contribution in [-0.2, 0) is 9.59 Å². The second-order valence-electron chi connectivity index (χ2n) is 6.99. The van der Waals surface area contributed by atoms with E-state index in [0.29, 0.717) is 17.8 Å². The highest BCUT2D eigenvalue weighted by Gasteiger charge is 2.46. The Hall–Kier alpha value is -2.99. The molecule has 152 valence electrons. The molecule has 0 spiro atoms. The number of likely N-dealkylation sites (tertiary alicyclic amines) is 1. The maximum Gasteiger partial charge on any atom is 0.295 e. The number of aliphatic hydroxyl groups excluding tert-OH is 1. The van der Waals surface area contributed by atoms with E-state index in [2.05, 4.69) is 23.7 Å². The molecular weight excluding hydrogens is 366 g/mol. The third kappa shape index (κ3) is 4.38. The molecule has 1 fully saturated rings. The summed E-state index contributed by atoms with van der Waals surface area (Å²) in [5.74, 6) is -1.41. The van der Waals surface area contributed by atoms with E-state index < -0.39 is 17.7 Å². The molecule has 1 atom stereocenters. The Morgan fingerprint density at radius 1 is 1.07 bits per heavy atom. The van der Waals surface area contributed by atoms with Gasteiger partial charge in [0.2, 0.25) is 0 Å². The van der Waals surface area contributed by atoms with Crippen LogP contribution in [0.1, 0.15) is 37.6 Å². The van der Waals surface area contributed by atoms with Crippen LogP contribution in [0.2, 0.25) is 0 Å². The SMILES string of the molecule is CCN(CC)CCCN1C(=O)C(=O)/C(=C(/O)c2ccccc2)[C@@H]1c1ccccn1. The van der Waals surface area contributed by atoms with Crippen LogP contribution < -0.4 is 0 Å². The summed E-state index contributed by atoms with van der Waals surface area (Å²) in [5.41, 5.74) is 1.18. The van der Waals surface area contributed by atoms with E-state index in [1.54, 1.807) is 47.5 Å². The number of Topliss-reactive ketones (excluding diaryl/α,β-unsaturated/α-hetero) is 1. The summed E-state index contributed by atoms with van der Waals surface area (Å²) in [5, 5.41) is 10.9. The number of aliphatic hydroxyl groups is 1. The van der Waals surface area contributed by atoms with Crippen molar-refractivity contribution in [3.8, 4) is 0 Å². The van der Waals surface area contributed by atoms with Gasteiger partial charge in [0.1, 0.15) is 11.8 Å². The van der Waals surface area contributed by atoms with Gasteiger partial charge in [-0.1, -0.05) is 50.2 Å². The highest BCUT2D eigenvalue weighted by Crippen LogP contribution is 2.38. The zero-order chi connectivity index (χ0) is 20.8. The first-order valence-corrected chi connectivity index (χ1v) is 10.1. The predicted octanol–water partition coefficient (Wildman–Crippen LogP) is 3.24. The maximum absolute atomic E-state index is 12.9. The average Bonchev–Trinajstić information content (AvgIpc) is 3.02. The number of carbonyl (C=O) groups is 2. The quantitative estimate of drug-likeness (QED) is 0.423. The summed E-state index contributed by atoms with van der Waals surface area (Å²) in [7, 11) is 0. The van der Waals surface area contributed by atoms with Gasteiger partial charge >= 0.3 is 0 Å². The van der Waals surface area contributed by atoms with Gasteiger partial charge in [0.25, 0.3) is 11.7 Å². The van der Waals surface area contributed by atoms with Crippen LogP contribution in [0.15, 0.2) is 60.3 Å². The van der Waals surface area contributed by atoms with Crippen LogP contribution in [-0.4, -0.2) is 57.8 Å². The minimum Gasteiger partial charge on any atom is -0.507 e. The molecule has 1 aliphatic heterocycles. The molecule has 1 aromatic heterocycles. The number of benzene rings is 1. The lowest BCUT2D eigenvalue weighted by molar-refractivity contribution is -0.140. The van der Waals surface area contributed by atoms with Gasteiger partial charge in [-0.3, -0.25) is 14.6 Å². The Balaban J connectivity index is 1.98. The van der Waals surface area contributed by atoms with Crippen molar-refractivity contribution in [3.05, 3.63) is 71.6 Å². The third-order valence-electron chi connectivity index (χ3n) is 5.32. The van der Waals surface area contributed by atoms with E-state index in [9.17, 15) is 14.7 Å². The Labute approximate surface area is 171 Å². The van der Waals surface area contributed by atoms with Crippen LogP contribution in [0.5, 0.6) is 0 Å². The Kier molecular flexibility index (Phi) is 6.77. The lowest BCUT2D eigenvalue weighted by Gasteiger charge is -2.26. The molecule has 2 aromatic rings. The number of carbonyl (C=O) groups excluding carboxylic acids is 2. The standard InChI is InChI=1S/C23H27N3O3/c1-3-25(4-2)15-10-16-26-20(18-13-8-9-14-24-18)19(22(28)23(26)29)21(27)17-11-6-5-7-12-17/h5-9,11-14,20,27H,3-4,10,15-16H2,1-2H3/b21-19+/t20-/m0/s1. The number of nitrogens with zero attached hydrogens (tertiary/aromatic N) is 3. The van der Waals surface area contributed by atoms with Gasteiger partial charge in [0.15, 0.2) is 0 Å². The lowest BCUT2D eigenvalue weighted by atomic mass is 9.98. The fourth-order valence-corrected chi connectivity index (χ4v) is 3.71. The van der Waals surface area contributed by atoms with Crippen molar-refractivity contribution in [3.63, 3.8) is 0 Å². The number of hydrogen-bond acceptors (Lipinski definition) is 5. The van der Waals surface area contributed by atoms with E-state index in [4.69, 9.17) is 0 Å². The topological polar surface area (TPSA) is 73.7 Å². The van der Waals surface area contributed by atoms with Gasteiger partial charge in [-0.25, -0.2) is 0 Å². The summed E-state index contributed by atoms with van der Waals surface area (Å²) in [6.07, 6.45) is 2.37. The first-order valence-electron chi connectivity index (χ1n) is 10.1. The van der Waals surface area contributed by atoms with Crippen molar-refractivity contribution < 1.29 is 14.7 Å². The number of ketones is 1. The number of amides is 1. The van der Waals surface area contributed by atoms with Crippen molar-refractivity contribution >= 4 is 17.4 Å². The van der Waals surface area contributed by atoms with E-state index in [0.717, 1.165) is 26.1 Å². The first kappa shape index (κ1) is 20.7. The van der Waals surface area contributed by atoms with Crippen molar-refractivity contribution in [1.82, 2.24) is 14.8 Å². The molecule has 1 aromatic carbocycles. The number of aromatic nitrogens is 1. The Bertz CT molecular complexity index is 877.